The molecule has 2 atom stereocenters. The van der Waals surface area contributed by atoms with Crippen molar-refractivity contribution >= 4 is 40.7 Å². The van der Waals surface area contributed by atoms with Crippen molar-refractivity contribution in [3.05, 3.63) is 59.1 Å². The Morgan fingerprint density at radius 1 is 1.07 bits per heavy atom. The first-order chi connectivity index (χ1) is 14.2. The number of aliphatic hydroxyl groups is 1. The number of anilines is 2. The Bertz CT molecular complexity index is 931. The number of hydrogen-bond acceptors (Lipinski definition) is 4. The van der Waals surface area contributed by atoms with Crippen LogP contribution >= 0.6 is 11.6 Å². The van der Waals surface area contributed by atoms with Gasteiger partial charge in [0.25, 0.3) is 0 Å². The third-order valence-electron chi connectivity index (χ3n) is 4.81. The monoisotopic (exact) mass is 429 g/mol. The smallest absolute Gasteiger partial charge is 0.322 e. The van der Waals surface area contributed by atoms with Gasteiger partial charge in [0, 0.05) is 49.0 Å². The third-order valence-corrected chi connectivity index (χ3v) is 5.06. The maximum absolute atomic E-state index is 12.8. The van der Waals surface area contributed by atoms with E-state index in [9.17, 15) is 14.7 Å². The molecular formula is C21H24ClN5O3. The van der Waals surface area contributed by atoms with Gasteiger partial charge in [-0.1, -0.05) is 11.6 Å². The molecule has 2 aromatic rings. The molecule has 0 aliphatic carbocycles. The van der Waals surface area contributed by atoms with Gasteiger partial charge in [-0.15, -0.1) is 0 Å². The van der Waals surface area contributed by atoms with Gasteiger partial charge in [-0.25, -0.2) is 4.79 Å². The quantitative estimate of drug-likeness (QED) is 0.442. The first-order valence-electron chi connectivity index (χ1n) is 9.43. The van der Waals surface area contributed by atoms with E-state index >= 15 is 0 Å². The number of benzene rings is 2. The molecule has 4 N–H and O–H groups in total. The second kappa shape index (κ2) is 9.15. The number of rotatable bonds is 4. The summed E-state index contributed by atoms with van der Waals surface area (Å²) < 4.78 is 0. The second-order valence-corrected chi connectivity index (χ2v) is 7.74. The molecule has 3 amide bonds. The molecule has 3 rings (SSSR count). The highest BCUT2D eigenvalue weighted by Crippen LogP contribution is 2.22. The molecule has 158 valence electrons. The summed E-state index contributed by atoms with van der Waals surface area (Å²) in [6.07, 6.45) is -0.622. The van der Waals surface area contributed by atoms with Gasteiger partial charge in [0.05, 0.1) is 6.10 Å². The number of carbonyl (C=O) groups is 2. The van der Waals surface area contributed by atoms with Gasteiger partial charge in [0.2, 0.25) is 5.91 Å². The molecule has 0 aromatic heterocycles. The van der Waals surface area contributed by atoms with E-state index in [1.54, 1.807) is 67.5 Å². The highest BCUT2D eigenvalue weighted by molar-refractivity contribution is 6.30. The number of urea groups is 1. The Morgan fingerprint density at radius 2 is 1.63 bits per heavy atom. The van der Waals surface area contributed by atoms with Crippen molar-refractivity contribution in [3.8, 4) is 0 Å². The lowest BCUT2D eigenvalue weighted by molar-refractivity contribution is -0.119. The average Bonchev–Trinajstić information content (AvgIpc) is 3.12. The topological polar surface area (TPSA) is 109 Å². The number of amides is 3. The van der Waals surface area contributed by atoms with Gasteiger partial charge in [0.15, 0.2) is 0 Å². The number of amidine groups is 1. The van der Waals surface area contributed by atoms with Crippen molar-refractivity contribution in [1.82, 2.24) is 9.80 Å². The zero-order chi connectivity index (χ0) is 21.8. The Balaban J connectivity index is 1.66. The fraction of sp³-hybridized carbons (Fsp3) is 0.286. The van der Waals surface area contributed by atoms with Crippen LogP contribution in [0.2, 0.25) is 5.02 Å². The molecule has 2 aromatic carbocycles. The minimum absolute atomic E-state index is 0.0659. The number of aliphatic hydroxyl groups excluding tert-OH is 1. The number of nitrogens with one attached hydrogen (secondary N) is 3. The number of hydrogen-bond donors (Lipinski definition) is 4. The Labute approximate surface area is 179 Å². The van der Waals surface area contributed by atoms with Crippen LogP contribution in [0.1, 0.15) is 12.0 Å². The van der Waals surface area contributed by atoms with Crippen molar-refractivity contribution < 1.29 is 14.7 Å². The summed E-state index contributed by atoms with van der Waals surface area (Å²) in [6, 6.07) is 12.3. The Morgan fingerprint density at radius 3 is 2.23 bits per heavy atom. The molecule has 0 saturated carbocycles. The van der Waals surface area contributed by atoms with Crippen LogP contribution in [0.25, 0.3) is 0 Å². The van der Waals surface area contributed by atoms with Crippen molar-refractivity contribution in [2.75, 3.05) is 31.3 Å². The van der Waals surface area contributed by atoms with Gasteiger partial charge in [-0.05, 0) is 48.5 Å². The molecule has 0 spiro atoms. The number of halogens is 1. The predicted octanol–water partition coefficient (Wildman–Crippen LogP) is 2.83. The maximum Gasteiger partial charge on any atom is 0.322 e. The van der Waals surface area contributed by atoms with Gasteiger partial charge >= 0.3 is 6.03 Å². The molecule has 1 saturated heterocycles. The molecule has 1 aliphatic rings. The van der Waals surface area contributed by atoms with E-state index in [0.29, 0.717) is 22.2 Å². The predicted molar refractivity (Wildman–Crippen MR) is 117 cm³/mol. The highest BCUT2D eigenvalue weighted by Gasteiger charge is 2.39. The van der Waals surface area contributed by atoms with Crippen LogP contribution in [0, 0.1) is 5.41 Å². The fourth-order valence-electron chi connectivity index (χ4n) is 3.21. The summed E-state index contributed by atoms with van der Waals surface area (Å²) in [7, 11) is 3.57. The van der Waals surface area contributed by atoms with Crippen molar-refractivity contribution in [2.24, 2.45) is 0 Å². The van der Waals surface area contributed by atoms with E-state index < -0.39 is 18.2 Å². The SMILES string of the molecule is CN(C)C(=N)c1ccc(NC(=O)[C@H]2C[C@@H](O)CN2C(=O)Nc2ccc(Cl)cc2)cc1. The van der Waals surface area contributed by atoms with E-state index in [1.165, 1.54) is 4.90 Å². The fourth-order valence-corrected chi connectivity index (χ4v) is 3.34. The molecule has 1 fully saturated rings. The molecule has 1 aliphatic heterocycles. The molecule has 0 bridgehead atoms. The Kier molecular flexibility index (Phi) is 6.59. The summed E-state index contributed by atoms with van der Waals surface area (Å²) in [5.74, 6) is -0.0231. The first kappa shape index (κ1) is 21.6. The number of likely N-dealkylation sites (tertiary alicyclic amines) is 1. The number of nitrogens with zero attached hydrogens (tertiary/aromatic N) is 2. The zero-order valence-corrected chi connectivity index (χ0v) is 17.5. The van der Waals surface area contributed by atoms with E-state index in [1.807, 2.05) is 0 Å². The van der Waals surface area contributed by atoms with Gasteiger partial charge in [0.1, 0.15) is 11.9 Å². The van der Waals surface area contributed by atoms with E-state index in [-0.39, 0.29) is 18.9 Å². The van der Waals surface area contributed by atoms with Crippen LogP contribution in [0.3, 0.4) is 0 Å². The summed E-state index contributed by atoms with van der Waals surface area (Å²) in [4.78, 5) is 28.5. The van der Waals surface area contributed by atoms with Crippen LogP contribution in [0.5, 0.6) is 0 Å². The molecule has 9 heteroatoms. The minimum atomic E-state index is -0.799. The number of β-amino-alcohol motifs (C(OH)–C–C–N with tert-alkyl or cyclic N) is 1. The van der Waals surface area contributed by atoms with Crippen LogP contribution in [0.15, 0.2) is 48.5 Å². The lowest BCUT2D eigenvalue weighted by Gasteiger charge is -2.24. The van der Waals surface area contributed by atoms with Gasteiger partial charge in [-0.2, -0.15) is 0 Å². The molecule has 0 unspecified atom stereocenters. The summed E-state index contributed by atoms with van der Waals surface area (Å²) in [5.41, 5.74) is 1.82. The van der Waals surface area contributed by atoms with Crippen LogP contribution in [-0.2, 0) is 4.79 Å². The molecule has 8 nitrogen and oxygen atoms in total. The largest absolute Gasteiger partial charge is 0.391 e. The van der Waals surface area contributed by atoms with Crippen molar-refractivity contribution in [3.63, 3.8) is 0 Å². The minimum Gasteiger partial charge on any atom is -0.391 e. The normalized spacial score (nSPS) is 18.1. The zero-order valence-electron chi connectivity index (χ0n) is 16.7. The lowest BCUT2D eigenvalue weighted by Crippen LogP contribution is -2.45. The summed E-state index contributed by atoms with van der Waals surface area (Å²) in [5, 5.41) is 24.1. The van der Waals surface area contributed by atoms with Crippen LogP contribution < -0.4 is 10.6 Å². The van der Waals surface area contributed by atoms with Crippen molar-refractivity contribution in [2.45, 2.75) is 18.6 Å². The molecular weight excluding hydrogens is 406 g/mol. The van der Waals surface area contributed by atoms with Gasteiger partial charge < -0.3 is 25.5 Å². The Hall–Kier alpha value is -3.10. The average molecular weight is 430 g/mol. The van der Waals surface area contributed by atoms with E-state index in [2.05, 4.69) is 10.6 Å². The summed E-state index contributed by atoms with van der Waals surface area (Å²) >= 11 is 5.86. The standard InChI is InChI=1S/C21H24ClN5O3/c1-26(2)19(23)13-3-7-15(8-4-13)24-20(29)18-11-17(28)12-27(18)21(30)25-16-9-5-14(22)6-10-16/h3-10,17-18,23,28H,11-12H2,1-2H3,(H,24,29)(H,25,30)/t17-,18-/m1/s1. The van der Waals surface area contributed by atoms with E-state index in [0.717, 1.165) is 5.56 Å². The van der Waals surface area contributed by atoms with Crippen LogP contribution in [0.4, 0.5) is 16.2 Å². The second-order valence-electron chi connectivity index (χ2n) is 7.30. The number of carbonyl (C=O) groups excluding carboxylic acids is 2. The molecule has 30 heavy (non-hydrogen) atoms. The van der Waals surface area contributed by atoms with Crippen molar-refractivity contribution in [1.29, 1.82) is 5.41 Å². The van der Waals surface area contributed by atoms with Gasteiger partial charge in [-0.3, -0.25) is 10.2 Å². The molecule has 1 heterocycles. The van der Waals surface area contributed by atoms with E-state index in [4.69, 9.17) is 17.0 Å². The lowest BCUT2D eigenvalue weighted by atomic mass is 10.1. The maximum atomic E-state index is 12.8. The van der Waals surface area contributed by atoms with Crippen LogP contribution in [-0.4, -0.2) is 65.5 Å². The summed E-state index contributed by atoms with van der Waals surface area (Å²) in [6.45, 7) is 0.0659. The highest BCUT2D eigenvalue weighted by atomic mass is 35.5. The molecule has 0 radical (unpaired) electrons. The first-order valence-corrected chi connectivity index (χ1v) is 9.81. The third kappa shape index (κ3) is 5.08.